The maximum absolute atomic E-state index is 12.8. The van der Waals surface area contributed by atoms with Crippen molar-refractivity contribution in [3.63, 3.8) is 0 Å². The number of benzene rings is 1. The molecule has 0 spiro atoms. The van der Waals surface area contributed by atoms with Gasteiger partial charge in [-0.2, -0.15) is 0 Å². The molecule has 0 radical (unpaired) electrons. The maximum atomic E-state index is 12.8. The summed E-state index contributed by atoms with van der Waals surface area (Å²) in [5.74, 6) is 6.30. The molecule has 0 aromatic heterocycles. The number of hydrogen-bond donors (Lipinski definition) is 1. The van der Waals surface area contributed by atoms with Crippen LogP contribution in [0, 0.1) is 0 Å². The third kappa shape index (κ3) is 5.22. The Hall–Kier alpha value is -1.48. The molecule has 2 fully saturated rings. The summed E-state index contributed by atoms with van der Waals surface area (Å²) in [7, 11) is 0. The first-order valence-electron chi connectivity index (χ1n) is 10.5. The predicted octanol–water partition coefficient (Wildman–Crippen LogP) is 3.05. The van der Waals surface area contributed by atoms with Crippen LogP contribution < -0.4 is 5.32 Å². The first-order chi connectivity index (χ1) is 14.0. The van der Waals surface area contributed by atoms with Gasteiger partial charge < -0.3 is 0 Å². The Morgan fingerprint density at radius 3 is 2.50 bits per heavy atom. The molecular formula is C22H32GeN2O4S. The standard InChI is InChI=1S/C22H32GeN2O4S/c1-22(2)18(21(28)29-13-9-12-23(3,4)5)25-19(27)17(20(25)30-22)24-16(26)14-15-10-7-6-8-11-15/h6-8,10-11,17-18,20H,9,12-14H2,1-5H3,(H,24,26)/t17-,18+,20-/m1/s1. The van der Waals surface area contributed by atoms with Gasteiger partial charge in [0.05, 0.1) is 0 Å². The van der Waals surface area contributed by atoms with Crippen LogP contribution in [0.2, 0.25) is 22.5 Å². The average Bonchev–Trinajstić information content (AvgIpc) is 2.91. The van der Waals surface area contributed by atoms with Crippen molar-refractivity contribution in [3.8, 4) is 0 Å². The number of fused-ring (bicyclic) bond motifs is 1. The molecule has 3 rings (SSSR count). The van der Waals surface area contributed by atoms with Crippen molar-refractivity contribution < 1.29 is 19.1 Å². The molecule has 6 nitrogen and oxygen atoms in total. The monoisotopic (exact) mass is 494 g/mol. The van der Waals surface area contributed by atoms with E-state index in [1.807, 2.05) is 44.2 Å². The van der Waals surface area contributed by atoms with Gasteiger partial charge in [-0.15, -0.1) is 0 Å². The van der Waals surface area contributed by atoms with Crippen LogP contribution >= 0.6 is 11.8 Å². The Bertz CT molecular complexity index is 809. The van der Waals surface area contributed by atoms with Crippen molar-refractivity contribution in [1.29, 1.82) is 0 Å². The molecule has 164 valence electrons. The second-order valence-electron chi connectivity index (χ2n) is 9.80. The second kappa shape index (κ2) is 8.95. The molecule has 2 saturated heterocycles. The third-order valence-electron chi connectivity index (χ3n) is 5.50. The van der Waals surface area contributed by atoms with E-state index in [1.165, 1.54) is 0 Å². The number of carbonyl (C=O) groups excluding carboxylic acids is 3. The molecule has 3 atom stereocenters. The number of amides is 2. The quantitative estimate of drug-likeness (QED) is 0.261. The third-order valence-corrected chi connectivity index (χ3v) is 11.0. The second-order valence-corrected chi connectivity index (χ2v) is 23.4. The van der Waals surface area contributed by atoms with Crippen LogP contribution in [0.4, 0.5) is 0 Å². The van der Waals surface area contributed by atoms with Gasteiger partial charge in [-0.1, -0.05) is 30.3 Å². The van der Waals surface area contributed by atoms with E-state index < -0.39 is 30.1 Å². The van der Waals surface area contributed by atoms with Crippen molar-refractivity contribution in [3.05, 3.63) is 35.9 Å². The number of nitrogens with one attached hydrogen (secondary N) is 1. The Balaban J connectivity index is 1.56. The SMILES string of the molecule is CC1(C)S[C@@H]2[C@H](NC(=O)Cc3ccccc3)C(=O)N2[C@H]1C(=O)OCC[CH2][Ge]([CH3])([CH3])[CH3]. The van der Waals surface area contributed by atoms with Crippen LogP contribution in [-0.2, 0) is 25.5 Å². The summed E-state index contributed by atoms with van der Waals surface area (Å²) >= 11 is -0.0861. The first-order valence-corrected chi connectivity index (χ1v) is 19.2. The van der Waals surface area contributed by atoms with E-state index >= 15 is 0 Å². The topological polar surface area (TPSA) is 75.7 Å². The van der Waals surface area contributed by atoms with E-state index in [-0.39, 0.29) is 29.6 Å². The number of esters is 1. The van der Waals surface area contributed by atoms with Crippen LogP contribution in [0.3, 0.4) is 0 Å². The minimum atomic E-state index is -1.64. The number of thioether (sulfide) groups is 1. The molecule has 0 unspecified atom stereocenters. The van der Waals surface area contributed by atoms with Crippen molar-refractivity contribution in [2.75, 3.05) is 6.61 Å². The molecule has 0 aliphatic carbocycles. The zero-order chi connectivity index (χ0) is 22.1. The number of nitrogens with zero attached hydrogens (tertiary/aromatic N) is 1. The van der Waals surface area contributed by atoms with Crippen molar-refractivity contribution in [2.45, 2.75) is 71.4 Å². The fraction of sp³-hybridized carbons (Fsp3) is 0.591. The fourth-order valence-corrected chi connectivity index (χ4v) is 8.14. The number of ether oxygens (including phenoxy) is 1. The van der Waals surface area contributed by atoms with E-state index in [1.54, 1.807) is 16.7 Å². The summed E-state index contributed by atoms with van der Waals surface area (Å²) in [5.41, 5.74) is 0.902. The van der Waals surface area contributed by atoms with Gasteiger partial charge in [0.25, 0.3) is 0 Å². The van der Waals surface area contributed by atoms with Crippen LogP contribution in [0.1, 0.15) is 25.8 Å². The molecule has 1 aromatic carbocycles. The van der Waals surface area contributed by atoms with Crippen molar-refractivity contribution in [1.82, 2.24) is 10.2 Å². The molecule has 8 heteroatoms. The van der Waals surface area contributed by atoms with Gasteiger partial charge in [0.15, 0.2) is 0 Å². The number of carbonyl (C=O) groups is 3. The zero-order valence-electron chi connectivity index (χ0n) is 18.4. The zero-order valence-corrected chi connectivity index (χ0v) is 21.4. The molecule has 2 aliphatic heterocycles. The Kier molecular flexibility index (Phi) is 6.92. The number of rotatable bonds is 8. The average molecular weight is 493 g/mol. The summed E-state index contributed by atoms with van der Waals surface area (Å²) in [6, 6.07) is 8.24. The van der Waals surface area contributed by atoms with Gasteiger partial charge in [-0.3, -0.25) is 0 Å². The molecular weight excluding hydrogens is 461 g/mol. The normalized spacial score (nSPS) is 24.8. The van der Waals surface area contributed by atoms with Crippen LogP contribution in [0.25, 0.3) is 0 Å². The van der Waals surface area contributed by atoms with Gasteiger partial charge in [-0.05, 0) is 5.56 Å². The summed E-state index contributed by atoms with van der Waals surface area (Å²) < 4.78 is 5.09. The predicted molar refractivity (Wildman–Crippen MR) is 122 cm³/mol. The minimum absolute atomic E-state index is 0.184. The van der Waals surface area contributed by atoms with Crippen molar-refractivity contribution in [2.24, 2.45) is 0 Å². The number of hydrogen-bond acceptors (Lipinski definition) is 5. The molecule has 1 N–H and O–H groups in total. The summed E-state index contributed by atoms with van der Waals surface area (Å²) in [6.07, 6.45) is 1.11. The summed E-state index contributed by atoms with van der Waals surface area (Å²) in [6.45, 7) is 4.33. The first kappa shape index (κ1) is 23.2. The van der Waals surface area contributed by atoms with E-state index in [9.17, 15) is 14.4 Å². The van der Waals surface area contributed by atoms with Gasteiger partial charge in [0.2, 0.25) is 0 Å². The Morgan fingerprint density at radius 1 is 1.20 bits per heavy atom. The molecule has 2 amide bonds. The van der Waals surface area contributed by atoms with E-state index in [4.69, 9.17) is 4.74 Å². The molecule has 1 aromatic rings. The van der Waals surface area contributed by atoms with Gasteiger partial charge >= 0.3 is 150 Å². The Morgan fingerprint density at radius 2 is 1.87 bits per heavy atom. The van der Waals surface area contributed by atoms with Gasteiger partial charge in [0, 0.05) is 0 Å². The molecule has 30 heavy (non-hydrogen) atoms. The fourth-order valence-electron chi connectivity index (χ4n) is 3.99. The summed E-state index contributed by atoms with van der Waals surface area (Å²) in [5, 5.41) is 3.78. The molecule has 0 bridgehead atoms. The van der Waals surface area contributed by atoms with E-state index in [2.05, 4.69) is 22.6 Å². The van der Waals surface area contributed by atoms with Crippen LogP contribution in [0.15, 0.2) is 30.3 Å². The van der Waals surface area contributed by atoms with E-state index in [0.29, 0.717) is 6.61 Å². The van der Waals surface area contributed by atoms with Crippen molar-refractivity contribution >= 4 is 42.8 Å². The van der Waals surface area contributed by atoms with Crippen LogP contribution in [-0.4, -0.2) is 64.8 Å². The number of β-lactam (4-membered cyclic amide) rings is 1. The Labute approximate surface area is 185 Å². The van der Waals surface area contributed by atoms with E-state index in [0.717, 1.165) is 17.2 Å². The van der Waals surface area contributed by atoms with Crippen LogP contribution in [0.5, 0.6) is 0 Å². The molecule has 2 aliphatic rings. The molecule has 2 heterocycles. The molecule has 0 saturated carbocycles. The summed E-state index contributed by atoms with van der Waals surface area (Å²) in [4.78, 5) is 39.6. The van der Waals surface area contributed by atoms with Gasteiger partial charge in [-0.25, -0.2) is 0 Å². The van der Waals surface area contributed by atoms with Gasteiger partial charge in [0.1, 0.15) is 0 Å².